The second kappa shape index (κ2) is 10.3. The minimum absolute atomic E-state index is 0.0642. The van der Waals surface area contributed by atoms with Gasteiger partial charge in [-0.1, -0.05) is 91.3 Å². The van der Waals surface area contributed by atoms with Crippen LogP contribution >= 0.6 is 0 Å². The van der Waals surface area contributed by atoms with Gasteiger partial charge in [-0.3, -0.25) is 4.57 Å². The van der Waals surface area contributed by atoms with E-state index in [1.807, 2.05) is 0 Å². The van der Waals surface area contributed by atoms with Gasteiger partial charge in [-0.05, 0) is 83.3 Å². The van der Waals surface area contributed by atoms with E-state index < -0.39 is 0 Å². The lowest BCUT2D eigenvalue weighted by molar-refractivity contribution is 0.590. The van der Waals surface area contributed by atoms with Crippen molar-refractivity contribution in [2.45, 2.75) is 85.6 Å². The first-order valence-electron chi connectivity index (χ1n) is 15.4. The van der Waals surface area contributed by atoms with Crippen LogP contribution in [0.2, 0.25) is 0 Å². The summed E-state index contributed by atoms with van der Waals surface area (Å²) in [4.78, 5) is 5.44. The molecular weight excluding hydrogens is 512 g/mol. The third kappa shape index (κ3) is 4.87. The molecule has 0 spiro atoms. The van der Waals surface area contributed by atoms with Gasteiger partial charge in [0, 0.05) is 23.0 Å². The predicted octanol–water partition coefficient (Wildman–Crippen LogP) is 10.6. The SMILES string of the molecule is CCCCn1c(-n2c3ccc(C(C)(C)C)cc3c3cc(C(C)(C)C)ccc32)nc2c(Nc3ccccc3C)cccc21. The lowest BCUT2D eigenvalue weighted by atomic mass is 9.85. The number of imidazole rings is 1. The number of benzene rings is 4. The molecule has 0 aliphatic heterocycles. The third-order valence-corrected chi connectivity index (χ3v) is 8.61. The second-order valence-electron chi connectivity index (χ2n) is 13.8. The fourth-order valence-corrected chi connectivity index (χ4v) is 5.97. The number of aryl methyl sites for hydroxylation is 2. The Morgan fingerprint density at radius 2 is 1.29 bits per heavy atom. The molecule has 216 valence electrons. The zero-order valence-electron chi connectivity index (χ0n) is 26.5. The van der Waals surface area contributed by atoms with Crippen molar-refractivity contribution >= 4 is 44.2 Å². The van der Waals surface area contributed by atoms with Crippen LogP contribution in [-0.2, 0) is 17.4 Å². The molecule has 0 aliphatic carbocycles. The summed E-state index contributed by atoms with van der Waals surface area (Å²) in [5.74, 6) is 0.976. The van der Waals surface area contributed by atoms with Crippen molar-refractivity contribution in [3.63, 3.8) is 0 Å². The fraction of sp³-hybridized carbons (Fsp3) is 0.342. The summed E-state index contributed by atoms with van der Waals surface area (Å²) in [6.07, 6.45) is 2.21. The van der Waals surface area contributed by atoms with Crippen molar-refractivity contribution in [3.05, 3.63) is 95.6 Å². The number of fused-ring (bicyclic) bond motifs is 4. The van der Waals surface area contributed by atoms with E-state index in [1.165, 1.54) is 38.5 Å². The molecule has 2 heterocycles. The predicted molar refractivity (Wildman–Crippen MR) is 181 cm³/mol. The smallest absolute Gasteiger partial charge is 0.215 e. The van der Waals surface area contributed by atoms with E-state index in [0.717, 1.165) is 47.7 Å². The van der Waals surface area contributed by atoms with Gasteiger partial charge in [0.2, 0.25) is 5.95 Å². The van der Waals surface area contributed by atoms with Gasteiger partial charge in [0.25, 0.3) is 0 Å². The van der Waals surface area contributed by atoms with Crippen LogP contribution in [0, 0.1) is 6.92 Å². The number of nitrogens with zero attached hydrogens (tertiary/aromatic N) is 3. The van der Waals surface area contributed by atoms with Crippen molar-refractivity contribution in [2.75, 3.05) is 5.32 Å². The van der Waals surface area contributed by atoms with Crippen LogP contribution in [0.25, 0.3) is 38.8 Å². The Bertz CT molecular complexity index is 1850. The number of rotatable bonds is 6. The molecule has 0 bridgehead atoms. The van der Waals surface area contributed by atoms with E-state index in [1.54, 1.807) is 0 Å². The molecule has 4 heteroatoms. The lowest BCUT2D eigenvalue weighted by Crippen LogP contribution is -2.11. The Hall–Kier alpha value is -4.05. The highest BCUT2D eigenvalue weighted by atomic mass is 15.2. The van der Waals surface area contributed by atoms with Gasteiger partial charge in [0.1, 0.15) is 5.52 Å². The molecule has 0 saturated carbocycles. The van der Waals surface area contributed by atoms with Crippen LogP contribution in [0.1, 0.15) is 78.0 Å². The molecule has 42 heavy (non-hydrogen) atoms. The number of hydrogen-bond acceptors (Lipinski definition) is 2. The Labute approximate surface area is 250 Å². The topological polar surface area (TPSA) is 34.8 Å². The summed E-state index contributed by atoms with van der Waals surface area (Å²) < 4.78 is 4.83. The minimum atomic E-state index is 0.0642. The van der Waals surface area contributed by atoms with Gasteiger partial charge in [-0.15, -0.1) is 0 Å². The first-order valence-corrected chi connectivity index (χ1v) is 15.4. The first kappa shape index (κ1) is 28.1. The number of unbranched alkanes of at least 4 members (excludes halogenated alkanes) is 1. The molecule has 0 aliphatic rings. The maximum absolute atomic E-state index is 5.44. The molecule has 0 radical (unpaired) electrons. The monoisotopic (exact) mass is 556 g/mol. The average Bonchev–Trinajstić information content (AvgIpc) is 3.47. The molecule has 6 rings (SSSR count). The number of hydrogen-bond donors (Lipinski definition) is 1. The van der Waals surface area contributed by atoms with Gasteiger partial charge >= 0.3 is 0 Å². The highest BCUT2D eigenvalue weighted by Crippen LogP contribution is 2.39. The van der Waals surface area contributed by atoms with Crippen LogP contribution < -0.4 is 5.32 Å². The Morgan fingerprint density at radius 1 is 0.690 bits per heavy atom. The van der Waals surface area contributed by atoms with Gasteiger partial charge < -0.3 is 9.88 Å². The Balaban J connectivity index is 1.66. The van der Waals surface area contributed by atoms with Crippen LogP contribution in [0.15, 0.2) is 78.9 Å². The second-order valence-corrected chi connectivity index (χ2v) is 13.8. The number of para-hydroxylation sites is 2. The zero-order valence-corrected chi connectivity index (χ0v) is 26.5. The van der Waals surface area contributed by atoms with Gasteiger partial charge in [-0.25, -0.2) is 4.98 Å². The molecule has 0 unspecified atom stereocenters. The van der Waals surface area contributed by atoms with E-state index in [-0.39, 0.29) is 10.8 Å². The zero-order chi connectivity index (χ0) is 29.8. The fourth-order valence-electron chi connectivity index (χ4n) is 5.97. The molecule has 0 atom stereocenters. The molecule has 6 aromatic rings. The molecule has 0 amide bonds. The first-order chi connectivity index (χ1) is 20.0. The normalized spacial score (nSPS) is 12.6. The lowest BCUT2D eigenvalue weighted by Gasteiger charge is -2.19. The van der Waals surface area contributed by atoms with Gasteiger partial charge in [0.15, 0.2) is 0 Å². The Morgan fingerprint density at radius 3 is 1.86 bits per heavy atom. The summed E-state index contributed by atoms with van der Waals surface area (Å²) in [6, 6.07) is 29.0. The minimum Gasteiger partial charge on any atom is -0.353 e. The standard InChI is InChI=1S/C38H44N4/c1-9-10-22-41-34-17-13-16-31(39-30-15-12-11-14-25(30)2)35(34)40-36(41)42-32-20-18-26(37(3,4)5)23-28(32)29-24-27(38(6,7)8)19-21-33(29)42/h11-21,23-24,39H,9-10,22H2,1-8H3. The van der Waals surface area contributed by atoms with Crippen LogP contribution in [-0.4, -0.2) is 14.1 Å². The quantitative estimate of drug-likeness (QED) is 0.221. The Kier molecular flexibility index (Phi) is 6.92. The van der Waals surface area contributed by atoms with Crippen molar-refractivity contribution in [1.29, 1.82) is 0 Å². The average molecular weight is 557 g/mol. The van der Waals surface area contributed by atoms with E-state index >= 15 is 0 Å². The summed E-state index contributed by atoms with van der Waals surface area (Å²) in [7, 11) is 0. The van der Waals surface area contributed by atoms with Crippen molar-refractivity contribution in [3.8, 4) is 5.95 Å². The largest absolute Gasteiger partial charge is 0.353 e. The highest BCUT2D eigenvalue weighted by Gasteiger charge is 2.24. The molecule has 4 nitrogen and oxygen atoms in total. The molecule has 1 N–H and O–H groups in total. The van der Waals surface area contributed by atoms with E-state index in [2.05, 4.69) is 149 Å². The van der Waals surface area contributed by atoms with Crippen LogP contribution in [0.3, 0.4) is 0 Å². The summed E-state index contributed by atoms with van der Waals surface area (Å²) in [6.45, 7) is 19.1. The van der Waals surface area contributed by atoms with Crippen LogP contribution in [0.4, 0.5) is 11.4 Å². The van der Waals surface area contributed by atoms with Crippen LogP contribution in [0.5, 0.6) is 0 Å². The number of nitrogens with one attached hydrogen (secondary N) is 1. The van der Waals surface area contributed by atoms with Crippen molar-refractivity contribution in [1.82, 2.24) is 14.1 Å². The molecule has 2 aromatic heterocycles. The number of anilines is 2. The summed E-state index contributed by atoms with van der Waals surface area (Å²) in [5, 5.41) is 6.27. The van der Waals surface area contributed by atoms with Crippen molar-refractivity contribution < 1.29 is 0 Å². The maximum Gasteiger partial charge on any atom is 0.215 e. The molecule has 4 aromatic carbocycles. The third-order valence-electron chi connectivity index (χ3n) is 8.61. The van der Waals surface area contributed by atoms with Gasteiger partial charge in [0.05, 0.1) is 22.2 Å². The molecule has 0 saturated heterocycles. The highest BCUT2D eigenvalue weighted by molar-refractivity contribution is 6.10. The van der Waals surface area contributed by atoms with E-state index in [4.69, 9.17) is 4.98 Å². The summed E-state index contributed by atoms with van der Waals surface area (Å²) in [5.41, 5.74) is 10.7. The van der Waals surface area contributed by atoms with E-state index in [0.29, 0.717) is 0 Å². The molecular formula is C38H44N4. The maximum atomic E-state index is 5.44. The van der Waals surface area contributed by atoms with Gasteiger partial charge in [-0.2, -0.15) is 0 Å². The van der Waals surface area contributed by atoms with E-state index in [9.17, 15) is 0 Å². The van der Waals surface area contributed by atoms with Crippen molar-refractivity contribution in [2.24, 2.45) is 0 Å². The number of aromatic nitrogens is 3. The summed E-state index contributed by atoms with van der Waals surface area (Å²) >= 11 is 0. The molecule has 0 fully saturated rings.